The molecular formula is C21H25NO5. The molecule has 2 atom stereocenters. The molecule has 6 nitrogen and oxygen atoms in total. The van der Waals surface area contributed by atoms with Crippen LogP contribution in [0.1, 0.15) is 43.4 Å². The number of aliphatic carboxylic acids is 1. The van der Waals surface area contributed by atoms with Crippen LogP contribution in [0.5, 0.6) is 11.5 Å². The maximum atomic E-state index is 12.3. The highest BCUT2D eigenvalue weighted by molar-refractivity contribution is 5.85. The standard InChI is InChI=1S/C21H25NO5/c1-4-14(2)17-7-5-6-8-18(17)27-13-19(23)22-20(21(24)25)15-9-11-16(26-3)12-10-15/h5-12,14,20H,4,13H2,1-3H3,(H,22,23)(H,24,25). The van der Waals surface area contributed by atoms with Gasteiger partial charge in [-0.25, -0.2) is 4.79 Å². The maximum Gasteiger partial charge on any atom is 0.330 e. The van der Waals surface area contributed by atoms with Gasteiger partial charge in [0.1, 0.15) is 11.5 Å². The second-order valence-corrected chi connectivity index (χ2v) is 6.25. The minimum Gasteiger partial charge on any atom is -0.497 e. The van der Waals surface area contributed by atoms with Crippen LogP contribution in [-0.2, 0) is 9.59 Å². The van der Waals surface area contributed by atoms with Crippen molar-refractivity contribution in [1.82, 2.24) is 5.32 Å². The third-order valence-corrected chi connectivity index (χ3v) is 4.42. The molecule has 0 fully saturated rings. The Morgan fingerprint density at radius 3 is 2.37 bits per heavy atom. The predicted molar refractivity (Wildman–Crippen MR) is 102 cm³/mol. The SMILES string of the molecule is CCC(C)c1ccccc1OCC(=O)NC(C(=O)O)c1ccc(OC)cc1. The van der Waals surface area contributed by atoms with Crippen LogP contribution in [0, 0.1) is 0 Å². The smallest absolute Gasteiger partial charge is 0.330 e. The van der Waals surface area contributed by atoms with Gasteiger partial charge in [0, 0.05) is 0 Å². The molecule has 6 heteroatoms. The first kappa shape index (κ1) is 20.3. The van der Waals surface area contributed by atoms with E-state index in [1.165, 1.54) is 7.11 Å². The molecule has 0 aromatic heterocycles. The molecule has 2 aromatic carbocycles. The number of para-hydroxylation sites is 1. The molecule has 2 N–H and O–H groups in total. The third kappa shape index (κ3) is 5.48. The van der Waals surface area contributed by atoms with Crippen LogP contribution >= 0.6 is 0 Å². The average Bonchev–Trinajstić information content (AvgIpc) is 2.70. The molecule has 0 spiro atoms. The number of carboxylic acid groups (broad SMARTS) is 1. The fourth-order valence-corrected chi connectivity index (χ4v) is 2.67. The summed E-state index contributed by atoms with van der Waals surface area (Å²) < 4.78 is 10.7. The van der Waals surface area contributed by atoms with Crippen molar-refractivity contribution in [3.8, 4) is 11.5 Å². The summed E-state index contributed by atoms with van der Waals surface area (Å²) in [6.45, 7) is 3.92. The lowest BCUT2D eigenvalue weighted by Gasteiger charge is -2.18. The van der Waals surface area contributed by atoms with Crippen molar-refractivity contribution in [3.05, 3.63) is 59.7 Å². The summed E-state index contributed by atoms with van der Waals surface area (Å²) in [5, 5.41) is 11.9. The van der Waals surface area contributed by atoms with Crippen LogP contribution in [-0.4, -0.2) is 30.7 Å². The number of methoxy groups -OCH3 is 1. The molecular weight excluding hydrogens is 346 g/mol. The average molecular weight is 371 g/mol. The molecule has 2 unspecified atom stereocenters. The number of nitrogens with one attached hydrogen (secondary N) is 1. The Hall–Kier alpha value is -3.02. The summed E-state index contributed by atoms with van der Waals surface area (Å²) in [6, 6.07) is 12.9. The number of benzene rings is 2. The highest BCUT2D eigenvalue weighted by Crippen LogP contribution is 2.28. The van der Waals surface area contributed by atoms with Gasteiger partial charge in [0.15, 0.2) is 12.6 Å². The molecule has 0 bridgehead atoms. The molecule has 2 rings (SSSR count). The number of rotatable bonds is 9. The molecule has 0 saturated carbocycles. The van der Waals surface area contributed by atoms with Crippen molar-refractivity contribution in [2.24, 2.45) is 0 Å². The normalized spacial score (nSPS) is 12.7. The van der Waals surface area contributed by atoms with E-state index in [1.807, 2.05) is 24.3 Å². The molecule has 144 valence electrons. The summed E-state index contributed by atoms with van der Waals surface area (Å²) in [5.74, 6) is -0.0986. The van der Waals surface area contributed by atoms with Crippen LogP contribution in [0.4, 0.5) is 0 Å². The zero-order chi connectivity index (χ0) is 19.8. The highest BCUT2D eigenvalue weighted by Gasteiger charge is 2.22. The number of carbonyl (C=O) groups is 2. The zero-order valence-electron chi connectivity index (χ0n) is 15.8. The van der Waals surface area contributed by atoms with Crippen molar-refractivity contribution < 1.29 is 24.2 Å². The lowest BCUT2D eigenvalue weighted by molar-refractivity contribution is -0.142. The van der Waals surface area contributed by atoms with Gasteiger partial charge in [-0.05, 0) is 41.7 Å². The summed E-state index contributed by atoms with van der Waals surface area (Å²) in [7, 11) is 1.53. The lowest BCUT2D eigenvalue weighted by Crippen LogP contribution is -2.36. The van der Waals surface area contributed by atoms with E-state index < -0.39 is 17.9 Å². The molecule has 0 radical (unpaired) electrons. The second kappa shape index (κ2) is 9.62. The summed E-state index contributed by atoms with van der Waals surface area (Å²) in [5.41, 5.74) is 1.48. The van der Waals surface area contributed by atoms with Crippen LogP contribution in [0.15, 0.2) is 48.5 Å². The van der Waals surface area contributed by atoms with Crippen LogP contribution in [0.3, 0.4) is 0 Å². The number of hydrogen-bond acceptors (Lipinski definition) is 4. The molecule has 27 heavy (non-hydrogen) atoms. The first-order valence-corrected chi connectivity index (χ1v) is 8.84. The van der Waals surface area contributed by atoms with E-state index in [2.05, 4.69) is 19.2 Å². The van der Waals surface area contributed by atoms with E-state index in [1.54, 1.807) is 24.3 Å². The van der Waals surface area contributed by atoms with Gasteiger partial charge in [-0.1, -0.05) is 44.2 Å². The Kier molecular flexibility index (Phi) is 7.23. The number of ether oxygens (including phenoxy) is 2. The fraction of sp³-hybridized carbons (Fsp3) is 0.333. The Morgan fingerprint density at radius 2 is 1.78 bits per heavy atom. The molecule has 2 aromatic rings. The van der Waals surface area contributed by atoms with Crippen molar-refractivity contribution in [2.75, 3.05) is 13.7 Å². The Balaban J connectivity index is 2.03. The minimum absolute atomic E-state index is 0.257. The van der Waals surface area contributed by atoms with Gasteiger partial charge in [-0.3, -0.25) is 4.79 Å². The monoisotopic (exact) mass is 371 g/mol. The number of hydrogen-bond donors (Lipinski definition) is 2. The Morgan fingerprint density at radius 1 is 1.11 bits per heavy atom. The predicted octanol–water partition coefficient (Wildman–Crippen LogP) is 3.53. The maximum absolute atomic E-state index is 12.3. The number of amides is 1. The zero-order valence-corrected chi connectivity index (χ0v) is 15.8. The van der Waals surface area contributed by atoms with Crippen molar-refractivity contribution in [3.63, 3.8) is 0 Å². The van der Waals surface area contributed by atoms with E-state index in [4.69, 9.17) is 9.47 Å². The summed E-state index contributed by atoms with van der Waals surface area (Å²) >= 11 is 0. The first-order chi connectivity index (χ1) is 13.0. The molecule has 0 saturated heterocycles. The summed E-state index contributed by atoms with van der Waals surface area (Å²) in [6.07, 6.45) is 0.950. The van der Waals surface area contributed by atoms with Gasteiger partial charge in [-0.2, -0.15) is 0 Å². The minimum atomic E-state index is -1.16. The molecule has 0 aliphatic heterocycles. The Labute approximate surface area is 159 Å². The molecule has 1 amide bonds. The van der Waals surface area contributed by atoms with Gasteiger partial charge in [0.25, 0.3) is 5.91 Å². The molecule has 0 heterocycles. The van der Waals surface area contributed by atoms with E-state index >= 15 is 0 Å². The molecule has 0 aliphatic carbocycles. The van der Waals surface area contributed by atoms with Crippen LogP contribution in [0.2, 0.25) is 0 Å². The van der Waals surface area contributed by atoms with E-state index in [-0.39, 0.29) is 6.61 Å². The number of carboxylic acids is 1. The summed E-state index contributed by atoms with van der Waals surface area (Å²) in [4.78, 5) is 23.8. The Bertz CT molecular complexity index is 772. The van der Waals surface area contributed by atoms with Crippen molar-refractivity contribution in [1.29, 1.82) is 0 Å². The van der Waals surface area contributed by atoms with Gasteiger partial charge >= 0.3 is 5.97 Å². The largest absolute Gasteiger partial charge is 0.497 e. The van der Waals surface area contributed by atoms with Gasteiger partial charge < -0.3 is 19.9 Å². The number of carbonyl (C=O) groups excluding carboxylic acids is 1. The van der Waals surface area contributed by atoms with Gasteiger partial charge in [0.05, 0.1) is 7.11 Å². The van der Waals surface area contributed by atoms with Gasteiger partial charge in [-0.15, -0.1) is 0 Å². The topological polar surface area (TPSA) is 84.9 Å². The fourth-order valence-electron chi connectivity index (χ4n) is 2.67. The van der Waals surface area contributed by atoms with Crippen molar-refractivity contribution >= 4 is 11.9 Å². The quantitative estimate of drug-likeness (QED) is 0.704. The lowest BCUT2D eigenvalue weighted by atomic mass is 9.98. The van der Waals surface area contributed by atoms with Crippen LogP contribution in [0.25, 0.3) is 0 Å². The third-order valence-electron chi connectivity index (χ3n) is 4.42. The van der Waals surface area contributed by atoms with E-state index in [9.17, 15) is 14.7 Å². The van der Waals surface area contributed by atoms with E-state index in [0.29, 0.717) is 23.0 Å². The van der Waals surface area contributed by atoms with E-state index in [0.717, 1.165) is 12.0 Å². The van der Waals surface area contributed by atoms with Crippen molar-refractivity contribution in [2.45, 2.75) is 32.2 Å². The second-order valence-electron chi connectivity index (χ2n) is 6.25. The van der Waals surface area contributed by atoms with Crippen LogP contribution < -0.4 is 14.8 Å². The molecule has 0 aliphatic rings. The highest BCUT2D eigenvalue weighted by atomic mass is 16.5. The first-order valence-electron chi connectivity index (χ1n) is 8.84. The van der Waals surface area contributed by atoms with Gasteiger partial charge in [0.2, 0.25) is 0 Å².